The van der Waals surface area contributed by atoms with E-state index in [1.807, 2.05) is 0 Å². The van der Waals surface area contributed by atoms with Crippen molar-refractivity contribution in [3.05, 3.63) is 57.7 Å². The van der Waals surface area contributed by atoms with Crippen LogP contribution < -0.4 is 4.74 Å². The summed E-state index contributed by atoms with van der Waals surface area (Å²) in [5.41, 5.74) is -0.569. The molecule has 1 aromatic carbocycles. The number of carbonyl (C=O) groups excluding carboxylic acids is 1. The van der Waals surface area contributed by atoms with Crippen LogP contribution >= 0.6 is 23.2 Å². The number of likely N-dealkylation sites (tertiary alicyclic amines) is 1. The molecule has 3 rings (SSSR count). The highest BCUT2D eigenvalue weighted by atomic mass is 35.5. The second kappa shape index (κ2) is 6.72. The van der Waals surface area contributed by atoms with Crippen LogP contribution in [-0.2, 0) is 6.18 Å². The van der Waals surface area contributed by atoms with E-state index in [1.165, 1.54) is 17.0 Å². The molecule has 0 spiro atoms. The van der Waals surface area contributed by atoms with Gasteiger partial charge in [-0.1, -0.05) is 23.2 Å². The van der Waals surface area contributed by atoms with E-state index in [4.69, 9.17) is 27.9 Å². The molecular formula is C16H11Cl2F3N2O2. The SMILES string of the molecule is O=C(c1cc(Cl)ccc1Cl)N1CC(Oc2cc(C(F)(F)F)ccn2)C1. The molecule has 25 heavy (non-hydrogen) atoms. The van der Waals surface area contributed by atoms with Gasteiger partial charge in [0, 0.05) is 17.3 Å². The number of aromatic nitrogens is 1. The molecule has 0 aliphatic carbocycles. The van der Waals surface area contributed by atoms with Crippen LogP contribution in [-0.4, -0.2) is 35.0 Å². The third-order valence-corrected chi connectivity index (χ3v) is 4.21. The van der Waals surface area contributed by atoms with Crippen molar-refractivity contribution in [1.29, 1.82) is 0 Å². The molecule has 9 heteroatoms. The number of halogens is 5. The summed E-state index contributed by atoms with van der Waals surface area (Å²) in [6.07, 6.45) is -3.87. The number of benzene rings is 1. The van der Waals surface area contributed by atoms with Crippen molar-refractivity contribution in [2.45, 2.75) is 12.3 Å². The molecule has 0 N–H and O–H groups in total. The molecule has 4 nitrogen and oxygen atoms in total. The predicted octanol–water partition coefficient (Wildman–Crippen LogP) is 4.31. The van der Waals surface area contributed by atoms with Gasteiger partial charge in [0.2, 0.25) is 5.88 Å². The van der Waals surface area contributed by atoms with Crippen molar-refractivity contribution in [3.8, 4) is 5.88 Å². The third kappa shape index (κ3) is 3.99. The van der Waals surface area contributed by atoms with Gasteiger partial charge >= 0.3 is 6.18 Å². The highest BCUT2D eigenvalue weighted by molar-refractivity contribution is 6.35. The van der Waals surface area contributed by atoms with Gasteiger partial charge in [0.05, 0.1) is 29.2 Å². The lowest BCUT2D eigenvalue weighted by Gasteiger charge is -2.38. The summed E-state index contributed by atoms with van der Waals surface area (Å²) in [7, 11) is 0. The summed E-state index contributed by atoms with van der Waals surface area (Å²) >= 11 is 11.8. The van der Waals surface area contributed by atoms with Gasteiger partial charge < -0.3 is 9.64 Å². The Morgan fingerprint density at radius 3 is 2.60 bits per heavy atom. The molecule has 1 aliphatic heterocycles. The van der Waals surface area contributed by atoms with Gasteiger partial charge in [-0.15, -0.1) is 0 Å². The number of pyridine rings is 1. The topological polar surface area (TPSA) is 42.4 Å². The first-order valence-corrected chi connectivity index (χ1v) is 7.94. The summed E-state index contributed by atoms with van der Waals surface area (Å²) in [5.74, 6) is -0.447. The molecule has 132 valence electrons. The van der Waals surface area contributed by atoms with Crippen molar-refractivity contribution < 1.29 is 22.7 Å². The van der Waals surface area contributed by atoms with Crippen LogP contribution in [0.4, 0.5) is 13.2 Å². The Balaban J connectivity index is 1.61. The highest BCUT2D eigenvalue weighted by Gasteiger charge is 2.35. The molecule has 1 saturated heterocycles. The van der Waals surface area contributed by atoms with Crippen LogP contribution in [0.2, 0.25) is 10.0 Å². The van der Waals surface area contributed by atoms with Gasteiger partial charge in [0.25, 0.3) is 5.91 Å². The molecule has 0 radical (unpaired) electrons. The minimum Gasteiger partial charge on any atom is -0.471 e. The van der Waals surface area contributed by atoms with Crippen LogP contribution in [0.3, 0.4) is 0 Å². The number of carbonyl (C=O) groups is 1. The van der Waals surface area contributed by atoms with Gasteiger partial charge in [-0.3, -0.25) is 4.79 Å². The van der Waals surface area contributed by atoms with E-state index in [2.05, 4.69) is 4.98 Å². The average molecular weight is 391 g/mol. The molecule has 2 aromatic rings. The van der Waals surface area contributed by atoms with Crippen molar-refractivity contribution in [2.75, 3.05) is 13.1 Å². The zero-order valence-corrected chi connectivity index (χ0v) is 14.1. The van der Waals surface area contributed by atoms with Crippen molar-refractivity contribution >= 4 is 29.1 Å². The Hall–Kier alpha value is -1.99. The van der Waals surface area contributed by atoms with Crippen molar-refractivity contribution in [2.24, 2.45) is 0 Å². The molecule has 0 bridgehead atoms. The fraction of sp³-hybridized carbons (Fsp3) is 0.250. The van der Waals surface area contributed by atoms with E-state index in [9.17, 15) is 18.0 Å². The lowest BCUT2D eigenvalue weighted by Crippen LogP contribution is -2.56. The van der Waals surface area contributed by atoms with Gasteiger partial charge in [0.1, 0.15) is 6.10 Å². The monoisotopic (exact) mass is 390 g/mol. The van der Waals surface area contributed by atoms with E-state index >= 15 is 0 Å². The Morgan fingerprint density at radius 2 is 1.92 bits per heavy atom. The van der Waals surface area contributed by atoms with Crippen LogP contribution in [0.15, 0.2) is 36.5 Å². The second-order valence-electron chi connectivity index (χ2n) is 5.45. The quantitative estimate of drug-likeness (QED) is 0.783. The van der Waals surface area contributed by atoms with E-state index < -0.39 is 17.8 Å². The molecule has 1 fully saturated rings. The van der Waals surface area contributed by atoms with Crippen molar-refractivity contribution in [3.63, 3.8) is 0 Å². The Kier molecular flexibility index (Phi) is 4.79. The molecule has 1 amide bonds. The largest absolute Gasteiger partial charge is 0.471 e. The summed E-state index contributed by atoms with van der Waals surface area (Å²) in [5, 5.41) is 0.660. The first-order valence-electron chi connectivity index (χ1n) is 7.18. The fourth-order valence-electron chi connectivity index (χ4n) is 2.33. The first kappa shape index (κ1) is 17.8. The summed E-state index contributed by atoms with van der Waals surface area (Å²) in [6, 6.07) is 6.26. The molecule has 1 aliphatic rings. The molecular weight excluding hydrogens is 380 g/mol. The van der Waals surface area contributed by atoms with Crippen LogP contribution in [0, 0.1) is 0 Å². The zero-order valence-electron chi connectivity index (χ0n) is 12.6. The number of amides is 1. The molecule has 2 heterocycles. The van der Waals surface area contributed by atoms with E-state index in [-0.39, 0.29) is 35.5 Å². The Morgan fingerprint density at radius 1 is 1.20 bits per heavy atom. The van der Waals surface area contributed by atoms with E-state index in [0.717, 1.165) is 18.3 Å². The maximum absolute atomic E-state index is 12.7. The maximum Gasteiger partial charge on any atom is 0.416 e. The van der Waals surface area contributed by atoms with E-state index in [1.54, 1.807) is 6.07 Å². The van der Waals surface area contributed by atoms with Crippen LogP contribution in [0.1, 0.15) is 15.9 Å². The van der Waals surface area contributed by atoms with Gasteiger partial charge in [-0.25, -0.2) is 4.98 Å². The smallest absolute Gasteiger partial charge is 0.416 e. The third-order valence-electron chi connectivity index (χ3n) is 3.64. The fourth-order valence-corrected chi connectivity index (χ4v) is 2.70. The number of rotatable bonds is 3. The predicted molar refractivity (Wildman–Crippen MR) is 86.0 cm³/mol. The number of ether oxygens (including phenoxy) is 1. The minimum atomic E-state index is -4.47. The van der Waals surface area contributed by atoms with Crippen LogP contribution in [0.5, 0.6) is 5.88 Å². The zero-order chi connectivity index (χ0) is 18.2. The number of hydrogen-bond donors (Lipinski definition) is 0. The highest BCUT2D eigenvalue weighted by Crippen LogP contribution is 2.31. The Bertz CT molecular complexity index is 808. The maximum atomic E-state index is 12.7. The normalized spacial score (nSPS) is 15.0. The second-order valence-corrected chi connectivity index (χ2v) is 6.30. The molecule has 0 atom stereocenters. The molecule has 0 saturated carbocycles. The van der Waals surface area contributed by atoms with E-state index in [0.29, 0.717) is 5.02 Å². The first-order chi connectivity index (χ1) is 11.7. The number of hydrogen-bond acceptors (Lipinski definition) is 3. The summed E-state index contributed by atoms with van der Waals surface area (Å²) in [4.78, 5) is 17.6. The standard InChI is InChI=1S/C16H11Cl2F3N2O2/c17-10-1-2-13(18)12(6-10)15(24)23-7-11(8-23)25-14-5-9(3-4-22-14)16(19,20)21/h1-6,11H,7-8H2. The lowest BCUT2D eigenvalue weighted by atomic mass is 10.1. The lowest BCUT2D eigenvalue weighted by molar-refractivity contribution is -0.137. The van der Waals surface area contributed by atoms with Gasteiger partial charge in [-0.2, -0.15) is 13.2 Å². The minimum absolute atomic E-state index is 0.132. The molecule has 1 aromatic heterocycles. The molecule has 0 unspecified atom stereocenters. The van der Waals surface area contributed by atoms with Gasteiger partial charge in [0.15, 0.2) is 0 Å². The number of alkyl halides is 3. The summed E-state index contributed by atoms with van der Waals surface area (Å²) < 4.78 is 43.4. The Labute approximate surface area is 151 Å². The number of nitrogens with zero attached hydrogens (tertiary/aromatic N) is 2. The van der Waals surface area contributed by atoms with Crippen LogP contribution in [0.25, 0.3) is 0 Å². The van der Waals surface area contributed by atoms with Gasteiger partial charge in [-0.05, 0) is 24.3 Å². The summed E-state index contributed by atoms with van der Waals surface area (Å²) in [6.45, 7) is 0.444. The average Bonchev–Trinajstić information content (AvgIpc) is 2.51. The van der Waals surface area contributed by atoms with Crippen molar-refractivity contribution in [1.82, 2.24) is 9.88 Å².